The Labute approximate surface area is 125 Å². The summed E-state index contributed by atoms with van der Waals surface area (Å²) in [4.78, 5) is 18.0. The highest BCUT2D eigenvalue weighted by Crippen LogP contribution is 2.13. The van der Waals surface area contributed by atoms with Crippen molar-refractivity contribution in [1.82, 2.24) is 15.0 Å². The van der Waals surface area contributed by atoms with Crippen LogP contribution in [0.5, 0.6) is 0 Å². The minimum absolute atomic E-state index is 0.159. The minimum atomic E-state index is -0.159. The summed E-state index contributed by atoms with van der Waals surface area (Å²) in [7, 11) is 1.76. The van der Waals surface area contributed by atoms with Gasteiger partial charge in [0.1, 0.15) is 0 Å². The van der Waals surface area contributed by atoms with Gasteiger partial charge in [0.2, 0.25) is 5.76 Å². The molecule has 2 aromatic heterocycles. The van der Waals surface area contributed by atoms with Crippen LogP contribution in [0.15, 0.2) is 29.0 Å². The zero-order valence-electron chi connectivity index (χ0n) is 13.0. The van der Waals surface area contributed by atoms with Crippen LogP contribution >= 0.6 is 0 Å². The smallest absolute Gasteiger partial charge is 0.292 e. The van der Waals surface area contributed by atoms with Gasteiger partial charge in [0.05, 0.1) is 5.69 Å². The van der Waals surface area contributed by atoms with Crippen molar-refractivity contribution in [2.24, 2.45) is 5.92 Å². The minimum Gasteiger partial charge on any atom is -0.351 e. The molecule has 0 aromatic carbocycles. The van der Waals surface area contributed by atoms with Gasteiger partial charge >= 0.3 is 0 Å². The molecule has 0 saturated heterocycles. The van der Waals surface area contributed by atoms with Crippen LogP contribution in [0.3, 0.4) is 0 Å². The first-order valence-corrected chi connectivity index (χ1v) is 7.08. The Balaban J connectivity index is 2.05. The van der Waals surface area contributed by atoms with E-state index in [1.165, 1.54) is 0 Å². The molecule has 0 unspecified atom stereocenters. The maximum absolute atomic E-state index is 12.3. The topological polar surface area (TPSA) is 59.2 Å². The summed E-state index contributed by atoms with van der Waals surface area (Å²) in [5, 5.41) is 3.95. The molecule has 0 fully saturated rings. The zero-order valence-corrected chi connectivity index (χ0v) is 13.0. The maximum Gasteiger partial charge on any atom is 0.292 e. The third kappa shape index (κ3) is 3.90. The van der Waals surface area contributed by atoms with Gasteiger partial charge in [-0.3, -0.25) is 9.78 Å². The Bertz CT molecular complexity index is 619. The van der Waals surface area contributed by atoms with Crippen LogP contribution in [0.25, 0.3) is 0 Å². The van der Waals surface area contributed by atoms with Gasteiger partial charge in [0.15, 0.2) is 0 Å². The largest absolute Gasteiger partial charge is 0.351 e. The summed E-state index contributed by atoms with van der Waals surface area (Å²) < 4.78 is 5.16. The SMILES string of the molecule is Cc1cnccc1CN(C)C(=O)c1cc(CC(C)C)no1. The normalized spacial score (nSPS) is 10.9. The lowest BCUT2D eigenvalue weighted by atomic mass is 10.1. The molecule has 0 radical (unpaired) electrons. The highest BCUT2D eigenvalue weighted by molar-refractivity contribution is 5.91. The first-order chi connectivity index (χ1) is 9.97. The fraction of sp³-hybridized carbons (Fsp3) is 0.438. The van der Waals surface area contributed by atoms with Gasteiger partial charge in [-0.15, -0.1) is 0 Å². The van der Waals surface area contributed by atoms with Crippen molar-refractivity contribution in [3.8, 4) is 0 Å². The summed E-state index contributed by atoms with van der Waals surface area (Å²) in [6.07, 6.45) is 4.34. The van der Waals surface area contributed by atoms with Crippen LogP contribution in [-0.2, 0) is 13.0 Å². The van der Waals surface area contributed by atoms with Gasteiger partial charge in [0.25, 0.3) is 5.91 Å². The number of aromatic nitrogens is 2. The average Bonchev–Trinajstić information content (AvgIpc) is 2.88. The Morgan fingerprint density at radius 2 is 2.19 bits per heavy atom. The molecule has 0 aliphatic carbocycles. The number of carbonyl (C=O) groups excluding carboxylic acids is 1. The van der Waals surface area contributed by atoms with Crippen LogP contribution in [0.2, 0.25) is 0 Å². The summed E-state index contributed by atoms with van der Waals surface area (Å²) in [5.74, 6) is 0.615. The molecule has 5 heteroatoms. The van der Waals surface area contributed by atoms with E-state index in [0.29, 0.717) is 18.2 Å². The van der Waals surface area contributed by atoms with Crippen molar-refractivity contribution in [3.63, 3.8) is 0 Å². The van der Waals surface area contributed by atoms with Crippen LogP contribution in [0.4, 0.5) is 0 Å². The standard InChI is InChI=1S/C16H21N3O2/c1-11(2)7-14-8-15(21-18-14)16(20)19(4)10-13-5-6-17-9-12(13)3/h5-6,8-9,11H,7,10H2,1-4H3. The van der Waals surface area contributed by atoms with Crippen LogP contribution in [0, 0.1) is 12.8 Å². The summed E-state index contributed by atoms with van der Waals surface area (Å²) in [5.41, 5.74) is 2.96. The Morgan fingerprint density at radius 3 is 2.86 bits per heavy atom. The van der Waals surface area contributed by atoms with E-state index in [2.05, 4.69) is 24.0 Å². The zero-order chi connectivity index (χ0) is 15.4. The molecule has 0 aliphatic heterocycles. The van der Waals surface area contributed by atoms with E-state index in [0.717, 1.165) is 23.2 Å². The summed E-state index contributed by atoms with van der Waals surface area (Å²) in [6.45, 7) is 6.71. The predicted molar refractivity (Wildman–Crippen MR) is 79.8 cm³/mol. The van der Waals surface area contributed by atoms with Crippen molar-refractivity contribution in [2.75, 3.05) is 7.05 Å². The summed E-state index contributed by atoms with van der Waals surface area (Å²) in [6, 6.07) is 3.65. The number of rotatable bonds is 5. The third-order valence-electron chi connectivity index (χ3n) is 3.28. The predicted octanol–water partition coefficient (Wildman–Crippen LogP) is 2.85. The fourth-order valence-electron chi connectivity index (χ4n) is 2.12. The van der Waals surface area contributed by atoms with Crippen molar-refractivity contribution in [1.29, 1.82) is 0 Å². The maximum atomic E-state index is 12.3. The van der Waals surface area contributed by atoms with Crippen LogP contribution < -0.4 is 0 Å². The van der Waals surface area contributed by atoms with E-state index < -0.39 is 0 Å². The lowest BCUT2D eigenvalue weighted by Crippen LogP contribution is -2.26. The molecule has 0 bridgehead atoms. The van der Waals surface area contributed by atoms with E-state index >= 15 is 0 Å². The lowest BCUT2D eigenvalue weighted by molar-refractivity contribution is 0.0743. The number of pyridine rings is 1. The molecule has 0 aliphatic rings. The molecule has 0 atom stereocenters. The second-order valence-corrected chi connectivity index (χ2v) is 5.74. The highest BCUT2D eigenvalue weighted by Gasteiger charge is 2.18. The Kier molecular flexibility index (Phi) is 4.73. The van der Waals surface area contributed by atoms with E-state index in [1.807, 2.05) is 13.0 Å². The fourth-order valence-corrected chi connectivity index (χ4v) is 2.12. The number of nitrogens with zero attached hydrogens (tertiary/aromatic N) is 3. The monoisotopic (exact) mass is 287 g/mol. The molecule has 5 nitrogen and oxygen atoms in total. The molecule has 21 heavy (non-hydrogen) atoms. The van der Waals surface area contributed by atoms with Crippen LogP contribution in [0.1, 0.15) is 41.2 Å². The number of hydrogen-bond donors (Lipinski definition) is 0. The molecule has 2 rings (SSSR count). The molecule has 112 valence electrons. The van der Waals surface area contributed by atoms with E-state index in [9.17, 15) is 4.79 Å². The van der Waals surface area contributed by atoms with Gasteiger partial charge in [-0.2, -0.15) is 0 Å². The van der Waals surface area contributed by atoms with Gasteiger partial charge in [-0.25, -0.2) is 0 Å². The molecule has 2 heterocycles. The second kappa shape index (κ2) is 6.52. The van der Waals surface area contributed by atoms with Crippen molar-refractivity contribution < 1.29 is 9.32 Å². The van der Waals surface area contributed by atoms with E-state index in [-0.39, 0.29) is 5.91 Å². The first kappa shape index (κ1) is 15.2. The van der Waals surface area contributed by atoms with Crippen molar-refractivity contribution in [3.05, 3.63) is 47.1 Å². The van der Waals surface area contributed by atoms with Crippen molar-refractivity contribution in [2.45, 2.75) is 33.7 Å². The molecule has 2 aromatic rings. The molecular formula is C16H21N3O2. The number of carbonyl (C=O) groups is 1. The number of amides is 1. The number of hydrogen-bond acceptors (Lipinski definition) is 4. The molecule has 0 spiro atoms. The number of aryl methyl sites for hydroxylation is 1. The van der Waals surface area contributed by atoms with Crippen molar-refractivity contribution >= 4 is 5.91 Å². The molecule has 0 saturated carbocycles. The quantitative estimate of drug-likeness (QED) is 0.848. The van der Waals surface area contributed by atoms with Gasteiger partial charge in [-0.05, 0) is 36.5 Å². The Morgan fingerprint density at radius 1 is 1.43 bits per heavy atom. The van der Waals surface area contributed by atoms with E-state index in [4.69, 9.17) is 4.52 Å². The van der Waals surface area contributed by atoms with Gasteiger partial charge in [0, 0.05) is 32.1 Å². The molecule has 0 N–H and O–H groups in total. The van der Waals surface area contributed by atoms with Crippen LogP contribution in [-0.4, -0.2) is 28.0 Å². The van der Waals surface area contributed by atoms with Gasteiger partial charge in [-0.1, -0.05) is 19.0 Å². The van der Waals surface area contributed by atoms with E-state index in [1.54, 1.807) is 30.4 Å². The highest BCUT2D eigenvalue weighted by atomic mass is 16.5. The molecular weight excluding hydrogens is 266 g/mol. The Hall–Kier alpha value is -2.17. The average molecular weight is 287 g/mol. The lowest BCUT2D eigenvalue weighted by Gasteiger charge is -2.16. The third-order valence-corrected chi connectivity index (χ3v) is 3.28. The van der Waals surface area contributed by atoms with Gasteiger partial charge < -0.3 is 9.42 Å². The first-order valence-electron chi connectivity index (χ1n) is 7.08. The molecule has 1 amide bonds. The second-order valence-electron chi connectivity index (χ2n) is 5.74. The summed E-state index contributed by atoms with van der Waals surface area (Å²) >= 11 is 0.